The SMILES string of the molecule is CCc1ccc(OCC(=O)N(Cc2cccc(OC)c2)[C@H](Cc2ccccc2)C(=O)NC(C)(C)C)cc1. The number of methoxy groups -OCH3 is 1. The minimum Gasteiger partial charge on any atom is -0.497 e. The molecule has 0 saturated heterocycles. The first-order valence-electron chi connectivity index (χ1n) is 12.7. The quantitative estimate of drug-likeness (QED) is 0.392. The Kier molecular flexibility index (Phi) is 9.72. The van der Waals surface area contributed by atoms with Gasteiger partial charge in [-0.15, -0.1) is 0 Å². The van der Waals surface area contributed by atoms with Crippen molar-refractivity contribution in [3.05, 3.63) is 95.6 Å². The molecule has 6 heteroatoms. The topological polar surface area (TPSA) is 67.9 Å². The summed E-state index contributed by atoms with van der Waals surface area (Å²) in [6.07, 6.45) is 1.31. The van der Waals surface area contributed by atoms with Crippen molar-refractivity contribution in [3.8, 4) is 11.5 Å². The lowest BCUT2D eigenvalue weighted by atomic mass is 10.0. The number of aryl methyl sites for hydroxylation is 1. The van der Waals surface area contributed by atoms with Gasteiger partial charge in [0, 0.05) is 18.5 Å². The normalized spacial score (nSPS) is 11.9. The van der Waals surface area contributed by atoms with Crippen LogP contribution in [0.3, 0.4) is 0 Å². The Bertz CT molecular complexity index is 1150. The number of hydrogen-bond acceptors (Lipinski definition) is 4. The summed E-state index contributed by atoms with van der Waals surface area (Å²) in [6, 6.07) is 24.3. The van der Waals surface area contributed by atoms with Crippen molar-refractivity contribution in [3.63, 3.8) is 0 Å². The van der Waals surface area contributed by atoms with Crippen LogP contribution in [0.15, 0.2) is 78.9 Å². The molecule has 3 aromatic rings. The Morgan fingerprint density at radius 1 is 0.865 bits per heavy atom. The lowest BCUT2D eigenvalue weighted by Gasteiger charge is -2.33. The minimum atomic E-state index is -0.730. The van der Waals surface area contributed by atoms with Crippen molar-refractivity contribution in [2.24, 2.45) is 0 Å². The number of amides is 2. The van der Waals surface area contributed by atoms with E-state index in [1.165, 1.54) is 5.56 Å². The third-order valence-corrected chi connectivity index (χ3v) is 5.95. The fourth-order valence-electron chi connectivity index (χ4n) is 4.02. The smallest absolute Gasteiger partial charge is 0.261 e. The summed E-state index contributed by atoms with van der Waals surface area (Å²) >= 11 is 0. The highest BCUT2D eigenvalue weighted by molar-refractivity contribution is 5.89. The van der Waals surface area contributed by atoms with Gasteiger partial charge in [0.25, 0.3) is 5.91 Å². The predicted molar refractivity (Wildman–Crippen MR) is 147 cm³/mol. The van der Waals surface area contributed by atoms with E-state index in [0.29, 0.717) is 17.9 Å². The van der Waals surface area contributed by atoms with E-state index < -0.39 is 11.6 Å². The van der Waals surface area contributed by atoms with E-state index >= 15 is 0 Å². The molecule has 0 saturated carbocycles. The summed E-state index contributed by atoms with van der Waals surface area (Å²) in [5.74, 6) is 0.828. The van der Waals surface area contributed by atoms with Crippen molar-refractivity contribution >= 4 is 11.8 Å². The van der Waals surface area contributed by atoms with Gasteiger partial charge in [-0.1, -0.05) is 61.5 Å². The lowest BCUT2D eigenvalue weighted by molar-refractivity contribution is -0.143. The minimum absolute atomic E-state index is 0.177. The molecule has 6 nitrogen and oxygen atoms in total. The van der Waals surface area contributed by atoms with Crippen LogP contribution in [0.2, 0.25) is 0 Å². The van der Waals surface area contributed by atoms with Crippen LogP contribution in [0.1, 0.15) is 44.4 Å². The molecule has 0 radical (unpaired) electrons. The molecule has 3 rings (SSSR count). The molecule has 2 amide bonds. The monoisotopic (exact) mass is 502 g/mol. The summed E-state index contributed by atoms with van der Waals surface area (Å²) in [6.45, 7) is 7.95. The number of carbonyl (C=O) groups excluding carboxylic acids is 2. The maximum atomic E-state index is 13.7. The van der Waals surface area contributed by atoms with E-state index in [9.17, 15) is 9.59 Å². The molecule has 0 fully saturated rings. The van der Waals surface area contributed by atoms with Crippen LogP contribution in [0, 0.1) is 0 Å². The molecule has 0 aromatic heterocycles. The zero-order valence-corrected chi connectivity index (χ0v) is 22.5. The van der Waals surface area contributed by atoms with Crippen LogP contribution in [0.4, 0.5) is 0 Å². The summed E-state index contributed by atoms with van der Waals surface area (Å²) < 4.78 is 11.2. The third-order valence-electron chi connectivity index (χ3n) is 5.95. The largest absolute Gasteiger partial charge is 0.497 e. The van der Waals surface area contributed by atoms with Crippen molar-refractivity contribution in [1.82, 2.24) is 10.2 Å². The van der Waals surface area contributed by atoms with E-state index in [-0.39, 0.29) is 25.0 Å². The molecule has 1 atom stereocenters. The molecule has 0 unspecified atom stereocenters. The van der Waals surface area contributed by atoms with Crippen LogP contribution in [0.5, 0.6) is 11.5 Å². The van der Waals surface area contributed by atoms with Gasteiger partial charge in [0.15, 0.2) is 6.61 Å². The Morgan fingerprint density at radius 2 is 1.54 bits per heavy atom. The number of benzene rings is 3. The first kappa shape index (κ1) is 27.8. The highest BCUT2D eigenvalue weighted by Gasteiger charge is 2.32. The van der Waals surface area contributed by atoms with E-state index in [1.54, 1.807) is 12.0 Å². The first-order valence-corrected chi connectivity index (χ1v) is 12.7. The molecule has 3 aromatic carbocycles. The zero-order valence-electron chi connectivity index (χ0n) is 22.5. The molecule has 0 aliphatic heterocycles. The summed E-state index contributed by atoms with van der Waals surface area (Å²) in [4.78, 5) is 28.9. The molecule has 0 spiro atoms. The molecular weight excluding hydrogens is 464 g/mol. The summed E-state index contributed by atoms with van der Waals surface area (Å²) in [7, 11) is 1.61. The number of nitrogens with zero attached hydrogens (tertiary/aromatic N) is 1. The zero-order chi connectivity index (χ0) is 26.8. The van der Waals surface area contributed by atoms with E-state index in [2.05, 4.69) is 12.2 Å². The molecule has 0 aliphatic rings. The fourth-order valence-corrected chi connectivity index (χ4v) is 4.02. The Balaban J connectivity index is 1.92. The molecule has 0 heterocycles. The number of nitrogens with one attached hydrogen (secondary N) is 1. The highest BCUT2D eigenvalue weighted by Crippen LogP contribution is 2.20. The second-order valence-electron chi connectivity index (χ2n) is 10.1. The molecule has 196 valence electrons. The molecule has 0 bridgehead atoms. The average Bonchev–Trinajstić information content (AvgIpc) is 2.89. The van der Waals surface area contributed by atoms with Crippen LogP contribution in [-0.2, 0) is 29.0 Å². The van der Waals surface area contributed by atoms with Gasteiger partial charge in [0.2, 0.25) is 5.91 Å². The lowest BCUT2D eigenvalue weighted by Crippen LogP contribution is -2.55. The fraction of sp³-hybridized carbons (Fsp3) is 0.355. The molecular formula is C31H38N2O4. The van der Waals surface area contributed by atoms with Gasteiger partial charge in [0.05, 0.1) is 7.11 Å². The Hall–Kier alpha value is -3.80. The van der Waals surface area contributed by atoms with Crippen LogP contribution < -0.4 is 14.8 Å². The van der Waals surface area contributed by atoms with Gasteiger partial charge in [-0.3, -0.25) is 9.59 Å². The number of carbonyl (C=O) groups is 2. The Labute approximate surface area is 220 Å². The van der Waals surface area contributed by atoms with Gasteiger partial charge < -0.3 is 19.7 Å². The average molecular weight is 503 g/mol. The number of ether oxygens (including phenoxy) is 2. The van der Waals surface area contributed by atoms with Gasteiger partial charge in [-0.2, -0.15) is 0 Å². The second-order valence-corrected chi connectivity index (χ2v) is 10.1. The first-order chi connectivity index (χ1) is 17.7. The number of hydrogen-bond donors (Lipinski definition) is 1. The van der Waals surface area contributed by atoms with E-state index in [4.69, 9.17) is 9.47 Å². The molecule has 37 heavy (non-hydrogen) atoms. The van der Waals surface area contributed by atoms with E-state index in [0.717, 1.165) is 17.5 Å². The second kappa shape index (κ2) is 12.9. The van der Waals surface area contributed by atoms with E-state index in [1.807, 2.05) is 99.6 Å². The van der Waals surface area contributed by atoms with Crippen LogP contribution >= 0.6 is 0 Å². The predicted octanol–water partition coefficient (Wildman–Crippen LogP) is 5.19. The maximum absolute atomic E-state index is 13.7. The maximum Gasteiger partial charge on any atom is 0.261 e. The van der Waals surface area contributed by atoms with Gasteiger partial charge >= 0.3 is 0 Å². The van der Waals surface area contributed by atoms with Crippen LogP contribution in [-0.4, -0.2) is 42.0 Å². The van der Waals surface area contributed by atoms with Crippen molar-refractivity contribution in [1.29, 1.82) is 0 Å². The summed E-state index contributed by atoms with van der Waals surface area (Å²) in [5, 5.41) is 3.07. The van der Waals surface area contributed by atoms with Crippen molar-refractivity contribution in [2.45, 2.75) is 58.7 Å². The van der Waals surface area contributed by atoms with Crippen molar-refractivity contribution < 1.29 is 19.1 Å². The highest BCUT2D eigenvalue weighted by atomic mass is 16.5. The Morgan fingerprint density at radius 3 is 2.16 bits per heavy atom. The van der Waals surface area contributed by atoms with Crippen LogP contribution in [0.25, 0.3) is 0 Å². The van der Waals surface area contributed by atoms with Gasteiger partial charge in [-0.05, 0) is 68.1 Å². The van der Waals surface area contributed by atoms with Gasteiger partial charge in [-0.25, -0.2) is 0 Å². The van der Waals surface area contributed by atoms with Gasteiger partial charge in [0.1, 0.15) is 17.5 Å². The van der Waals surface area contributed by atoms with Crippen molar-refractivity contribution in [2.75, 3.05) is 13.7 Å². The molecule has 0 aliphatic carbocycles. The standard InChI is InChI=1S/C31H38N2O4/c1-6-23-15-17-26(18-16-23)37-22-29(34)33(21-25-13-10-14-27(19-25)36-5)28(30(35)32-31(2,3)4)20-24-11-8-7-9-12-24/h7-19,28H,6,20-22H2,1-5H3,(H,32,35)/t28-/m1/s1. The molecule has 1 N–H and O–H groups in total. The summed E-state index contributed by atoms with van der Waals surface area (Å²) in [5.41, 5.74) is 2.58. The number of rotatable bonds is 11. The third kappa shape index (κ3) is 8.67.